The molecule has 0 aliphatic heterocycles. The van der Waals surface area contributed by atoms with Gasteiger partial charge in [-0.15, -0.1) is 0 Å². The first kappa shape index (κ1) is 10.3. The van der Waals surface area contributed by atoms with Crippen LogP contribution in [0.1, 0.15) is 11.9 Å². The van der Waals surface area contributed by atoms with E-state index >= 15 is 0 Å². The number of aromatic amines is 1. The van der Waals surface area contributed by atoms with E-state index in [2.05, 4.69) is 4.98 Å². The normalized spacial score (nSPS) is 9.54. The molecule has 0 spiro atoms. The Morgan fingerprint density at radius 3 is 2.69 bits per heavy atom. The summed E-state index contributed by atoms with van der Waals surface area (Å²) < 4.78 is 0. The molecule has 2 N–H and O–H groups in total. The summed E-state index contributed by atoms with van der Waals surface area (Å²) in [5, 5.41) is 9.58. The van der Waals surface area contributed by atoms with Crippen molar-refractivity contribution >= 4 is 16.9 Å². The Bertz CT molecular complexity index is 408. The van der Waals surface area contributed by atoms with Crippen LogP contribution in [0, 0.1) is 0 Å². The van der Waals surface area contributed by atoms with Crippen molar-refractivity contribution in [2.24, 2.45) is 0 Å². The summed E-state index contributed by atoms with van der Waals surface area (Å²) in [7, 11) is 0. The maximum atomic E-state index is 10.5. The summed E-state index contributed by atoms with van der Waals surface area (Å²) in [5.41, 5.74) is 1.09. The van der Waals surface area contributed by atoms with Crippen LogP contribution in [0.15, 0.2) is 30.3 Å². The third kappa shape index (κ3) is 1.94. The Hall–Kier alpha value is -0.770. The molecule has 62 valence electrons. The number of hydrogen-bond acceptors (Lipinski definition) is 1. The molecule has 0 unspecified atom stereocenters. The van der Waals surface area contributed by atoms with Crippen LogP contribution < -0.4 is 29.6 Å². The summed E-state index contributed by atoms with van der Waals surface area (Å²) in [5.74, 6) is -0.925. The van der Waals surface area contributed by atoms with Gasteiger partial charge in [-0.05, 0) is 12.1 Å². The zero-order valence-corrected chi connectivity index (χ0v) is 9.24. The largest absolute Gasteiger partial charge is 1.00 e. The van der Waals surface area contributed by atoms with E-state index in [1.807, 2.05) is 24.3 Å². The Labute approximate surface area is 98.5 Å². The molecule has 2 rings (SSSR count). The Morgan fingerprint density at radius 1 is 1.38 bits per heavy atom. The number of aromatic carboxylic acids is 1. The average Bonchev–Trinajstić information content (AvgIpc) is 2.46. The van der Waals surface area contributed by atoms with Crippen molar-refractivity contribution in [3.8, 4) is 0 Å². The molecule has 0 bridgehead atoms. The predicted octanol–water partition coefficient (Wildman–Crippen LogP) is -1.02. The van der Waals surface area contributed by atoms with E-state index in [1.54, 1.807) is 6.07 Å². The smallest absolute Gasteiger partial charge is 1.00 e. The predicted molar refractivity (Wildman–Crippen MR) is 46.4 cm³/mol. The van der Waals surface area contributed by atoms with Crippen molar-refractivity contribution in [2.45, 2.75) is 0 Å². The van der Waals surface area contributed by atoms with Gasteiger partial charge < -0.3 is 11.5 Å². The SMILES string of the molecule is O=C(O)c1cc2ccccc2[nH]1.[H-].[Na+]. The fourth-order valence-corrected chi connectivity index (χ4v) is 1.19. The zero-order valence-electron chi connectivity index (χ0n) is 8.24. The molecule has 2 aromatic rings. The van der Waals surface area contributed by atoms with Crippen LogP contribution in [-0.4, -0.2) is 16.1 Å². The van der Waals surface area contributed by atoms with Crippen LogP contribution in [0.25, 0.3) is 10.9 Å². The molecule has 1 aromatic carbocycles. The van der Waals surface area contributed by atoms with E-state index in [1.165, 1.54) is 0 Å². The topological polar surface area (TPSA) is 53.1 Å². The van der Waals surface area contributed by atoms with Gasteiger partial charge in [-0.3, -0.25) is 0 Å². The van der Waals surface area contributed by atoms with Crippen LogP contribution in [0.3, 0.4) is 0 Å². The van der Waals surface area contributed by atoms with Crippen molar-refractivity contribution in [3.05, 3.63) is 36.0 Å². The number of nitrogens with one attached hydrogen (secondary N) is 1. The van der Waals surface area contributed by atoms with Gasteiger partial charge in [-0.2, -0.15) is 0 Å². The average molecular weight is 185 g/mol. The molecule has 4 heteroatoms. The molecule has 0 saturated carbocycles. The number of hydrogen-bond donors (Lipinski definition) is 2. The number of carbonyl (C=O) groups is 1. The monoisotopic (exact) mass is 185 g/mol. The van der Waals surface area contributed by atoms with Crippen molar-refractivity contribution in [1.82, 2.24) is 4.98 Å². The van der Waals surface area contributed by atoms with Gasteiger partial charge in [0.05, 0.1) is 0 Å². The summed E-state index contributed by atoms with van der Waals surface area (Å²) in [6, 6.07) is 9.09. The Kier molecular flexibility index (Phi) is 3.14. The van der Waals surface area contributed by atoms with Crippen molar-refractivity contribution in [3.63, 3.8) is 0 Å². The van der Waals surface area contributed by atoms with Gasteiger partial charge in [0.2, 0.25) is 0 Å². The van der Waals surface area contributed by atoms with E-state index in [-0.39, 0.29) is 36.7 Å². The molecular formula is C9H8NNaO2. The number of H-pyrrole nitrogens is 1. The molecule has 0 aliphatic rings. The molecule has 13 heavy (non-hydrogen) atoms. The van der Waals surface area contributed by atoms with Gasteiger partial charge >= 0.3 is 35.5 Å². The second kappa shape index (κ2) is 3.96. The number of benzene rings is 1. The third-order valence-corrected chi connectivity index (χ3v) is 1.76. The van der Waals surface area contributed by atoms with Gasteiger partial charge in [0.15, 0.2) is 0 Å². The summed E-state index contributed by atoms with van der Waals surface area (Å²) in [4.78, 5) is 13.3. The van der Waals surface area contributed by atoms with E-state index in [0.29, 0.717) is 0 Å². The fourth-order valence-electron chi connectivity index (χ4n) is 1.19. The van der Waals surface area contributed by atoms with Crippen LogP contribution in [0.5, 0.6) is 0 Å². The first-order valence-electron chi connectivity index (χ1n) is 3.58. The maximum Gasteiger partial charge on any atom is 1.00 e. The molecule has 0 amide bonds. The minimum atomic E-state index is -0.925. The van der Waals surface area contributed by atoms with Crippen LogP contribution in [0.2, 0.25) is 0 Å². The van der Waals surface area contributed by atoms with E-state index in [0.717, 1.165) is 10.9 Å². The minimum Gasteiger partial charge on any atom is -1.00 e. The van der Waals surface area contributed by atoms with E-state index in [4.69, 9.17) is 5.11 Å². The Balaban J connectivity index is 0.000000845. The second-order valence-electron chi connectivity index (χ2n) is 2.58. The van der Waals surface area contributed by atoms with Crippen molar-refractivity contribution in [2.75, 3.05) is 0 Å². The number of carboxylic acid groups (broad SMARTS) is 1. The number of fused-ring (bicyclic) bond motifs is 1. The number of aromatic nitrogens is 1. The van der Waals surface area contributed by atoms with Crippen LogP contribution in [-0.2, 0) is 0 Å². The van der Waals surface area contributed by atoms with Crippen LogP contribution >= 0.6 is 0 Å². The van der Waals surface area contributed by atoms with Gasteiger partial charge in [-0.25, -0.2) is 4.79 Å². The van der Waals surface area contributed by atoms with E-state index < -0.39 is 5.97 Å². The second-order valence-corrected chi connectivity index (χ2v) is 2.58. The molecule has 0 saturated heterocycles. The Morgan fingerprint density at radius 2 is 2.08 bits per heavy atom. The maximum absolute atomic E-state index is 10.5. The van der Waals surface area contributed by atoms with E-state index in [9.17, 15) is 4.79 Å². The van der Waals surface area contributed by atoms with Gasteiger partial charge in [-0.1, -0.05) is 18.2 Å². The number of rotatable bonds is 1. The first-order valence-corrected chi connectivity index (χ1v) is 3.58. The molecule has 0 atom stereocenters. The molecule has 0 aliphatic carbocycles. The molecule has 0 radical (unpaired) electrons. The van der Waals surface area contributed by atoms with Gasteiger partial charge in [0.25, 0.3) is 0 Å². The summed E-state index contributed by atoms with van der Waals surface area (Å²) in [6.07, 6.45) is 0. The summed E-state index contributed by atoms with van der Waals surface area (Å²) in [6.45, 7) is 0. The van der Waals surface area contributed by atoms with Gasteiger partial charge in [0.1, 0.15) is 5.69 Å². The molecule has 3 nitrogen and oxygen atoms in total. The van der Waals surface area contributed by atoms with Crippen molar-refractivity contribution in [1.29, 1.82) is 0 Å². The minimum absolute atomic E-state index is 0. The standard InChI is InChI=1S/C9H7NO2.Na.H/c11-9(12)8-5-6-3-1-2-4-7(6)10-8;;/h1-5,10H,(H,11,12);;/q;+1;-1. The molecular weight excluding hydrogens is 177 g/mol. The van der Waals surface area contributed by atoms with Gasteiger partial charge in [0, 0.05) is 10.9 Å². The fraction of sp³-hybridized carbons (Fsp3) is 0. The third-order valence-electron chi connectivity index (χ3n) is 1.76. The van der Waals surface area contributed by atoms with Crippen LogP contribution in [0.4, 0.5) is 0 Å². The van der Waals surface area contributed by atoms with Crippen molar-refractivity contribution < 1.29 is 40.9 Å². The zero-order chi connectivity index (χ0) is 8.55. The molecule has 0 fully saturated rings. The number of carboxylic acids is 1. The number of para-hydroxylation sites is 1. The molecule has 1 heterocycles. The molecule has 1 aromatic heterocycles. The quantitative estimate of drug-likeness (QED) is 0.559. The summed E-state index contributed by atoms with van der Waals surface area (Å²) >= 11 is 0. The first-order chi connectivity index (χ1) is 5.77.